The Hall–Kier alpha value is -4.52. The third-order valence-electron chi connectivity index (χ3n) is 7.40. The monoisotopic (exact) mass is 503 g/mol. The minimum atomic E-state index is -0.246. The topological polar surface area (TPSA) is 79.5 Å². The van der Waals surface area contributed by atoms with Crippen LogP contribution in [0.1, 0.15) is 32.1 Å². The number of ether oxygens (including phenoxy) is 1. The van der Waals surface area contributed by atoms with E-state index in [4.69, 9.17) is 4.74 Å². The van der Waals surface area contributed by atoms with Crippen molar-refractivity contribution in [2.75, 3.05) is 0 Å². The van der Waals surface area contributed by atoms with Gasteiger partial charge in [0.25, 0.3) is 0 Å². The van der Waals surface area contributed by atoms with Gasteiger partial charge in [-0.05, 0) is 73.2 Å². The van der Waals surface area contributed by atoms with Gasteiger partial charge >= 0.3 is 0 Å². The Morgan fingerprint density at radius 2 is 1.66 bits per heavy atom. The van der Waals surface area contributed by atoms with Gasteiger partial charge in [-0.25, -0.2) is 9.37 Å². The summed E-state index contributed by atoms with van der Waals surface area (Å²) in [6.07, 6.45) is 11.7. The molecule has 188 valence electrons. The standard InChI is InChI=1S/C31H26FN5O/c32-22-11-9-19(10-12-22)25-7-4-8-28-26(25)15-29(35-28)30-27-14-21(17-34-31(27)37-36-30)20-13-24(18-33-16-20)38-23-5-2-1-3-6-23/h4,7-18,23,35H,1-3,5-6H2,(H,34,36,37). The molecule has 0 atom stereocenters. The lowest BCUT2D eigenvalue weighted by atomic mass is 9.98. The molecule has 0 aliphatic heterocycles. The van der Waals surface area contributed by atoms with E-state index in [1.54, 1.807) is 18.3 Å². The molecule has 1 aliphatic rings. The molecule has 0 radical (unpaired) electrons. The number of aromatic amines is 2. The second-order valence-electron chi connectivity index (χ2n) is 9.94. The van der Waals surface area contributed by atoms with Gasteiger partial charge in [0, 0.05) is 39.8 Å². The molecule has 4 aromatic heterocycles. The van der Waals surface area contributed by atoms with Crippen molar-refractivity contribution < 1.29 is 9.13 Å². The molecule has 6 aromatic rings. The maximum atomic E-state index is 13.5. The normalized spacial score (nSPS) is 14.3. The molecule has 0 saturated heterocycles. The number of pyridine rings is 2. The van der Waals surface area contributed by atoms with Gasteiger partial charge in [-0.3, -0.25) is 10.1 Å². The largest absolute Gasteiger partial charge is 0.489 e. The molecule has 0 amide bonds. The predicted molar refractivity (Wildman–Crippen MR) is 147 cm³/mol. The average Bonchev–Trinajstić information content (AvgIpc) is 3.58. The molecule has 1 saturated carbocycles. The summed E-state index contributed by atoms with van der Waals surface area (Å²) in [7, 11) is 0. The smallest absolute Gasteiger partial charge is 0.181 e. The number of fused-ring (bicyclic) bond motifs is 2. The summed E-state index contributed by atoms with van der Waals surface area (Å²) in [6, 6.07) is 18.9. The summed E-state index contributed by atoms with van der Waals surface area (Å²) in [4.78, 5) is 12.6. The highest BCUT2D eigenvalue weighted by Crippen LogP contribution is 2.35. The fraction of sp³-hybridized carbons (Fsp3) is 0.194. The Labute approximate surface area is 218 Å². The lowest BCUT2D eigenvalue weighted by Crippen LogP contribution is -2.19. The molecule has 0 bridgehead atoms. The second kappa shape index (κ2) is 9.41. The number of nitrogens with zero attached hydrogens (tertiary/aromatic N) is 3. The van der Waals surface area contributed by atoms with Gasteiger partial charge in [0.1, 0.15) is 11.6 Å². The number of halogens is 1. The van der Waals surface area contributed by atoms with Crippen LogP contribution in [-0.4, -0.2) is 31.3 Å². The van der Waals surface area contributed by atoms with Crippen LogP contribution in [0.5, 0.6) is 5.75 Å². The predicted octanol–water partition coefficient (Wildman–Crippen LogP) is 7.69. The fourth-order valence-corrected chi connectivity index (χ4v) is 5.45. The van der Waals surface area contributed by atoms with Gasteiger partial charge in [0.05, 0.1) is 23.7 Å². The highest BCUT2D eigenvalue weighted by atomic mass is 19.1. The molecule has 6 nitrogen and oxygen atoms in total. The van der Waals surface area contributed by atoms with Crippen LogP contribution in [0.2, 0.25) is 0 Å². The van der Waals surface area contributed by atoms with Crippen LogP contribution < -0.4 is 4.74 Å². The molecule has 2 N–H and O–H groups in total. The number of aromatic nitrogens is 5. The lowest BCUT2D eigenvalue weighted by Gasteiger charge is -2.23. The van der Waals surface area contributed by atoms with Crippen molar-refractivity contribution >= 4 is 21.9 Å². The Bertz CT molecular complexity index is 1750. The SMILES string of the molecule is Fc1ccc(-c2cccc3[nH]c(-c4[nH]nc5ncc(-c6cncc(OC7CCCCC7)c6)cc45)cc23)cc1. The molecule has 7 rings (SSSR count). The number of nitrogens with one attached hydrogen (secondary N) is 2. The van der Waals surface area contributed by atoms with Crippen molar-refractivity contribution in [2.45, 2.75) is 38.2 Å². The maximum absolute atomic E-state index is 13.5. The van der Waals surface area contributed by atoms with E-state index in [0.29, 0.717) is 5.65 Å². The summed E-state index contributed by atoms with van der Waals surface area (Å²) in [5.41, 5.74) is 7.30. The van der Waals surface area contributed by atoms with Crippen LogP contribution in [0.3, 0.4) is 0 Å². The zero-order valence-electron chi connectivity index (χ0n) is 20.7. The Balaban J connectivity index is 1.25. The summed E-state index contributed by atoms with van der Waals surface area (Å²) in [6.45, 7) is 0. The van der Waals surface area contributed by atoms with Crippen LogP contribution in [0.25, 0.3) is 55.6 Å². The molecule has 0 spiro atoms. The van der Waals surface area contributed by atoms with Crippen LogP contribution in [0, 0.1) is 5.82 Å². The van der Waals surface area contributed by atoms with E-state index < -0.39 is 0 Å². The van der Waals surface area contributed by atoms with E-state index in [2.05, 4.69) is 37.3 Å². The second-order valence-corrected chi connectivity index (χ2v) is 9.94. The van der Waals surface area contributed by atoms with E-state index in [0.717, 1.165) is 68.5 Å². The first kappa shape index (κ1) is 22.7. The first-order valence-corrected chi connectivity index (χ1v) is 13.1. The van der Waals surface area contributed by atoms with Gasteiger partial charge in [-0.2, -0.15) is 5.10 Å². The summed E-state index contributed by atoms with van der Waals surface area (Å²) >= 11 is 0. The molecule has 0 unspecified atom stereocenters. The number of hydrogen-bond acceptors (Lipinski definition) is 4. The fourth-order valence-electron chi connectivity index (χ4n) is 5.45. The van der Waals surface area contributed by atoms with Gasteiger partial charge in [-0.1, -0.05) is 30.7 Å². The number of benzene rings is 2. The zero-order valence-corrected chi connectivity index (χ0v) is 20.7. The van der Waals surface area contributed by atoms with Crippen LogP contribution in [-0.2, 0) is 0 Å². The molecular formula is C31H26FN5O. The Kier molecular flexibility index (Phi) is 5.61. The van der Waals surface area contributed by atoms with E-state index in [1.807, 2.05) is 36.7 Å². The van der Waals surface area contributed by atoms with Crippen LogP contribution >= 0.6 is 0 Å². The Morgan fingerprint density at radius 3 is 2.53 bits per heavy atom. The van der Waals surface area contributed by atoms with Crippen LogP contribution in [0.4, 0.5) is 4.39 Å². The van der Waals surface area contributed by atoms with Crippen molar-refractivity contribution in [3.05, 3.63) is 85.1 Å². The van der Waals surface area contributed by atoms with Crippen molar-refractivity contribution in [3.8, 4) is 39.4 Å². The molecule has 4 heterocycles. The van der Waals surface area contributed by atoms with E-state index in [9.17, 15) is 4.39 Å². The first-order valence-electron chi connectivity index (χ1n) is 13.1. The van der Waals surface area contributed by atoms with Gasteiger partial charge in [-0.15, -0.1) is 0 Å². The van der Waals surface area contributed by atoms with Gasteiger partial charge in [0.15, 0.2) is 5.65 Å². The molecule has 1 aliphatic carbocycles. The van der Waals surface area contributed by atoms with E-state index in [-0.39, 0.29) is 11.9 Å². The van der Waals surface area contributed by atoms with Crippen molar-refractivity contribution in [1.29, 1.82) is 0 Å². The van der Waals surface area contributed by atoms with E-state index >= 15 is 0 Å². The third-order valence-corrected chi connectivity index (χ3v) is 7.40. The molecule has 7 heteroatoms. The van der Waals surface area contributed by atoms with Crippen LogP contribution in [0.15, 0.2) is 79.3 Å². The first-order chi connectivity index (χ1) is 18.7. The quantitative estimate of drug-likeness (QED) is 0.253. The van der Waals surface area contributed by atoms with Crippen molar-refractivity contribution in [3.63, 3.8) is 0 Å². The molecule has 2 aromatic carbocycles. The minimum absolute atomic E-state index is 0.246. The maximum Gasteiger partial charge on any atom is 0.181 e. The number of hydrogen-bond donors (Lipinski definition) is 2. The lowest BCUT2D eigenvalue weighted by molar-refractivity contribution is 0.154. The summed E-state index contributed by atoms with van der Waals surface area (Å²) in [5.74, 6) is 0.551. The number of H-pyrrole nitrogens is 2. The van der Waals surface area contributed by atoms with Crippen molar-refractivity contribution in [2.24, 2.45) is 0 Å². The number of rotatable bonds is 5. The average molecular weight is 504 g/mol. The third kappa shape index (κ3) is 4.20. The highest BCUT2D eigenvalue weighted by molar-refractivity contribution is 6.01. The molecule has 1 fully saturated rings. The van der Waals surface area contributed by atoms with Gasteiger partial charge in [0.2, 0.25) is 0 Å². The summed E-state index contributed by atoms with van der Waals surface area (Å²) < 4.78 is 19.7. The van der Waals surface area contributed by atoms with Gasteiger partial charge < -0.3 is 9.72 Å². The molecular weight excluding hydrogens is 477 g/mol. The minimum Gasteiger partial charge on any atom is -0.489 e. The highest BCUT2D eigenvalue weighted by Gasteiger charge is 2.17. The van der Waals surface area contributed by atoms with Crippen molar-refractivity contribution in [1.82, 2.24) is 25.1 Å². The summed E-state index contributed by atoms with van der Waals surface area (Å²) in [5, 5.41) is 9.58. The zero-order chi connectivity index (χ0) is 25.5. The molecule has 38 heavy (non-hydrogen) atoms. The van der Waals surface area contributed by atoms with E-state index in [1.165, 1.54) is 31.4 Å². The Morgan fingerprint density at radius 1 is 0.816 bits per heavy atom.